The maximum absolute atomic E-state index is 12.7. The highest BCUT2D eigenvalue weighted by molar-refractivity contribution is 7.89. The fraction of sp³-hybridized carbons (Fsp3) is 0.286. The van der Waals surface area contributed by atoms with E-state index in [0.29, 0.717) is 24.7 Å². The molecule has 0 aromatic heterocycles. The fourth-order valence-corrected chi connectivity index (χ4v) is 4.47. The molecule has 0 saturated carbocycles. The van der Waals surface area contributed by atoms with E-state index in [-0.39, 0.29) is 10.8 Å². The number of nitrogens with zero attached hydrogens (tertiary/aromatic N) is 1. The van der Waals surface area contributed by atoms with E-state index in [0.717, 1.165) is 18.4 Å². The molecule has 0 atom stereocenters. The summed E-state index contributed by atoms with van der Waals surface area (Å²) in [6, 6.07) is 15.9. The van der Waals surface area contributed by atoms with Gasteiger partial charge in [-0.3, -0.25) is 4.79 Å². The van der Waals surface area contributed by atoms with Gasteiger partial charge < -0.3 is 5.32 Å². The van der Waals surface area contributed by atoms with Crippen LogP contribution in [0, 0.1) is 5.92 Å². The first-order valence-corrected chi connectivity index (χ1v) is 10.5. The van der Waals surface area contributed by atoms with Crippen LogP contribution in [0.2, 0.25) is 0 Å². The summed E-state index contributed by atoms with van der Waals surface area (Å²) in [4.78, 5) is 12.3. The highest BCUT2D eigenvalue weighted by Crippen LogP contribution is 2.24. The molecular formula is C21H24N2O3S. The van der Waals surface area contributed by atoms with Gasteiger partial charge in [0.25, 0.3) is 0 Å². The molecule has 0 bridgehead atoms. The van der Waals surface area contributed by atoms with E-state index in [4.69, 9.17) is 0 Å². The second-order valence-electron chi connectivity index (χ2n) is 6.84. The number of rotatable bonds is 5. The van der Waals surface area contributed by atoms with Crippen molar-refractivity contribution >= 4 is 27.7 Å². The zero-order chi connectivity index (χ0) is 19.3. The standard InChI is InChI=1S/C21H24N2O3S/c1-17-13-15-23(16-14-17)27(25,26)20-10-8-19(9-11-20)22-21(24)12-7-18-5-3-2-4-6-18/h2-12,17H,13-16H2,1H3,(H,22,24)/b12-7+. The molecule has 1 fully saturated rings. The van der Waals surface area contributed by atoms with Crippen molar-refractivity contribution in [2.75, 3.05) is 18.4 Å². The van der Waals surface area contributed by atoms with Crippen molar-refractivity contribution in [3.8, 4) is 0 Å². The van der Waals surface area contributed by atoms with E-state index in [2.05, 4.69) is 12.2 Å². The van der Waals surface area contributed by atoms with Gasteiger partial charge in [0.2, 0.25) is 15.9 Å². The summed E-state index contributed by atoms with van der Waals surface area (Å²) < 4.78 is 27.0. The first-order valence-electron chi connectivity index (χ1n) is 9.09. The maximum Gasteiger partial charge on any atom is 0.248 e. The smallest absolute Gasteiger partial charge is 0.248 e. The van der Waals surface area contributed by atoms with Gasteiger partial charge in [0.05, 0.1) is 4.90 Å². The van der Waals surface area contributed by atoms with Crippen LogP contribution in [0.3, 0.4) is 0 Å². The molecule has 1 saturated heterocycles. The van der Waals surface area contributed by atoms with Crippen LogP contribution < -0.4 is 5.32 Å². The molecule has 2 aromatic rings. The first-order chi connectivity index (χ1) is 12.9. The Labute approximate surface area is 160 Å². The Hall–Kier alpha value is -2.44. The number of amides is 1. The van der Waals surface area contributed by atoms with Crippen molar-refractivity contribution in [1.29, 1.82) is 0 Å². The molecular weight excluding hydrogens is 360 g/mol. The van der Waals surface area contributed by atoms with Gasteiger partial charge >= 0.3 is 0 Å². The average molecular weight is 385 g/mol. The van der Waals surface area contributed by atoms with Crippen LogP contribution in [-0.4, -0.2) is 31.7 Å². The van der Waals surface area contributed by atoms with Crippen molar-refractivity contribution in [2.24, 2.45) is 5.92 Å². The van der Waals surface area contributed by atoms with Crippen LogP contribution in [-0.2, 0) is 14.8 Å². The molecule has 0 radical (unpaired) electrons. The average Bonchev–Trinajstić information content (AvgIpc) is 2.68. The summed E-state index contributed by atoms with van der Waals surface area (Å²) in [7, 11) is -3.47. The zero-order valence-electron chi connectivity index (χ0n) is 15.3. The molecule has 1 aliphatic rings. The Bertz CT molecular complexity index is 898. The Morgan fingerprint density at radius 3 is 2.30 bits per heavy atom. The lowest BCUT2D eigenvalue weighted by Crippen LogP contribution is -2.37. The molecule has 2 aromatic carbocycles. The van der Waals surface area contributed by atoms with E-state index in [1.54, 1.807) is 34.6 Å². The Morgan fingerprint density at radius 2 is 1.67 bits per heavy atom. The number of carbonyl (C=O) groups is 1. The first kappa shape index (κ1) is 19.3. The van der Waals surface area contributed by atoms with Crippen LogP contribution in [0.25, 0.3) is 6.08 Å². The molecule has 1 N–H and O–H groups in total. The number of benzene rings is 2. The van der Waals surface area contributed by atoms with Crippen molar-refractivity contribution in [2.45, 2.75) is 24.7 Å². The topological polar surface area (TPSA) is 66.5 Å². The van der Waals surface area contributed by atoms with Crippen molar-refractivity contribution in [1.82, 2.24) is 4.31 Å². The molecule has 0 aliphatic carbocycles. The van der Waals surface area contributed by atoms with Crippen molar-refractivity contribution < 1.29 is 13.2 Å². The number of sulfonamides is 1. The molecule has 3 rings (SSSR count). The van der Waals surface area contributed by atoms with Crippen molar-refractivity contribution in [3.05, 3.63) is 66.2 Å². The van der Waals surface area contributed by atoms with Crippen LogP contribution in [0.15, 0.2) is 65.6 Å². The highest BCUT2D eigenvalue weighted by Gasteiger charge is 2.27. The van der Waals surface area contributed by atoms with Gasteiger partial charge in [-0.05, 0) is 54.7 Å². The fourth-order valence-electron chi connectivity index (χ4n) is 3.00. The summed E-state index contributed by atoms with van der Waals surface area (Å²) in [5.41, 5.74) is 1.49. The van der Waals surface area contributed by atoms with Crippen molar-refractivity contribution in [3.63, 3.8) is 0 Å². The third-order valence-corrected chi connectivity index (χ3v) is 6.64. The number of nitrogens with one attached hydrogen (secondary N) is 1. The maximum atomic E-state index is 12.7. The van der Waals surface area contributed by atoms with E-state index < -0.39 is 10.0 Å². The van der Waals surface area contributed by atoms with Crippen LogP contribution >= 0.6 is 0 Å². The molecule has 5 nitrogen and oxygen atoms in total. The number of hydrogen-bond acceptors (Lipinski definition) is 3. The third kappa shape index (κ3) is 5.05. The third-order valence-electron chi connectivity index (χ3n) is 4.73. The van der Waals surface area contributed by atoms with E-state index >= 15 is 0 Å². The molecule has 1 aliphatic heterocycles. The Kier molecular flexibility index (Phi) is 6.08. The van der Waals surface area contributed by atoms with E-state index in [9.17, 15) is 13.2 Å². The van der Waals surface area contributed by atoms with Gasteiger partial charge in [0, 0.05) is 24.9 Å². The van der Waals surface area contributed by atoms with E-state index in [1.807, 2.05) is 30.3 Å². The monoisotopic (exact) mass is 384 g/mol. The second kappa shape index (κ2) is 8.50. The molecule has 27 heavy (non-hydrogen) atoms. The van der Waals surface area contributed by atoms with Gasteiger partial charge in [-0.15, -0.1) is 0 Å². The summed E-state index contributed by atoms with van der Waals surface area (Å²) in [5.74, 6) is 0.303. The lowest BCUT2D eigenvalue weighted by Gasteiger charge is -2.29. The lowest BCUT2D eigenvalue weighted by molar-refractivity contribution is -0.111. The number of hydrogen-bond donors (Lipinski definition) is 1. The summed E-state index contributed by atoms with van der Waals surface area (Å²) in [5, 5.41) is 2.74. The van der Waals surface area contributed by atoms with Gasteiger partial charge in [-0.1, -0.05) is 37.3 Å². The van der Waals surface area contributed by atoms with Gasteiger partial charge in [-0.25, -0.2) is 8.42 Å². The molecule has 0 unspecified atom stereocenters. The summed E-state index contributed by atoms with van der Waals surface area (Å²) >= 11 is 0. The molecule has 6 heteroatoms. The summed E-state index contributed by atoms with van der Waals surface area (Å²) in [6.45, 7) is 3.27. The van der Waals surface area contributed by atoms with Gasteiger partial charge in [-0.2, -0.15) is 4.31 Å². The minimum atomic E-state index is -3.47. The Morgan fingerprint density at radius 1 is 1.04 bits per heavy atom. The largest absolute Gasteiger partial charge is 0.323 e. The van der Waals surface area contributed by atoms with Gasteiger partial charge in [0.15, 0.2) is 0 Å². The van der Waals surface area contributed by atoms with E-state index in [1.165, 1.54) is 6.08 Å². The quantitative estimate of drug-likeness (QED) is 0.798. The predicted octanol–water partition coefficient (Wildman–Crippen LogP) is 3.76. The SMILES string of the molecule is CC1CCN(S(=O)(=O)c2ccc(NC(=O)/C=C/c3ccccc3)cc2)CC1. The zero-order valence-corrected chi connectivity index (χ0v) is 16.2. The van der Waals surface area contributed by atoms with Crippen LogP contribution in [0.5, 0.6) is 0 Å². The number of piperidine rings is 1. The second-order valence-corrected chi connectivity index (χ2v) is 8.78. The summed E-state index contributed by atoms with van der Waals surface area (Å²) in [6.07, 6.45) is 4.96. The molecule has 1 amide bonds. The minimum absolute atomic E-state index is 0.259. The number of anilines is 1. The number of carbonyl (C=O) groups excluding carboxylic acids is 1. The van der Waals surface area contributed by atoms with Gasteiger partial charge in [0.1, 0.15) is 0 Å². The molecule has 0 spiro atoms. The normalized spacial score (nSPS) is 16.5. The lowest BCUT2D eigenvalue weighted by atomic mass is 10.0. The van der Waals surface area contributed by atoms with Crippen LogP contribution in [0.1, 0.15) is 25.3 Å². The predicted molar refractivity (Wildman–Crippen MR) is 108 cm³/mol. The highest BCUT2D eigenvalue weighted by atomic mass is 32.2. The Balaban J connectivity index is 1.63. The molecule has 142 valence electrons. The van der Waals surface area contributed by atoms with Crippen LogP contribution in [0.4, 0.5) is 5.69 Å². The molecule has 1 heterocycles. The minimum Gasteiger partial charge on any atom is -0.323 e.